The van der Waals surface area contributed by atoms with Crippen molar-refractivity contribution in [2.75, 3.05) is 89.2 Å². The number of nitrogens with zero attached hydrogens (tertiary/aromatic N) is 9. The van der Waals surface area contributed by atoms with E-state index in [4.69, 9.17) is 4.74 Å². The summed E-state index contributed by atoms with van der Waals surface area (Å²) in [6, 6.07) is -10.3. The van der Waals surface area contributed by atoms with Crippen molar-refractivity contribution in [3.05, 3.63) is 12.2 Å². The molecule has 12 amide bonds. The molecule has 4 saturated carbocycles. The normalized spacial score (nSPS) is 33.5. The highest BCUT2D eigenvalue weighted by Crippen LogP contribution is 2.53. The monoisotopic (exact) mass is 1540 g/mol. The molecule has 4 aliphatic carbocycles. The molecule has 0 aromatic rings. The first-order valence-electron chi connectivity index (χ1n) is 39.7. The molecule has 8 rings (SSSR count). The minimum Gasteiger partial charge on any atom is -0.377 e. The summed E-state index contributed by atoms with van der Waals surface area (Å²) in [6.45, 7) is 11.7. The van der Waals surface area contributed by atoms with Crippen LogP contribution in [0.3, 0.4) is 0 Å². The fraction of sp³-hybridized carbons (Fsp3) is 0.821. The summed E-state index contributed by atoms with van der Waals surface area (Å²) in [6.07, 6.45) is 3.97. The molecule has 8 aliphatic rings. The number of carbonyl (C=O) groups is 12. The standard InChI is InChI=1S/C78H124F4N12O13S/c1-16-24-55-67(98)84-64(46(4)17-2)73(104)88(11)43-63(97)90(13)56-27-20-19-23-36-93(72(56)103)59(38-49-28-32-51(33-29-49)78(80,81)82)71(102)87(10)42-61(95)83-54(34-30-48-31-35-60-53(37-48)47(5)66(79)108-60)69(100)94-41-52(107-18-3)39-57(94)68(99)85-77(44-76(6,7)45-77)75(106)92(15)65(50-25-21-22-26-50)74(105)91(14)58(70(101)86(8)9)40-62(96)89(55)12/h19-20,46-60,64-66H,16-18,21-45H2,1-15H3,(H,83,95)(H,84,98)(H,85,99)/b20-19-/t46-,47?,48?,49?,51?,52+,53?,54-,55-,56-,57-,58-,59-,60?,64-,65-,66?/m0/s1. The van der Waals surface area contributed by atoms with Gasteiger partial charge in [0.15, 0.2) is 0 Å². The van der Waals surface area contributed by atoms with Crippen LogP contribution in [0.5, 0.6) is 0 Å². The quantitative estimate of drug-likeness (QED) is 0.124. The van der Waals surface area contributed by atoms with Crippen molar-refractivity contribution < 1.29 is 79.8 Å². The lowest BCUT2D eigenvalue weighted by Gasteiger charge is -2.54. The first-order chi connectivity index (χ1) is 50.8. The summed E-state index contributed by atoms with van der Waals surface area (Å²) in [4.78, 5) is 194. The van der Waals surface area contributed by atoms with Crippen LogP contribution in [-0.4, -0.2) is 281 Å². The summed E-state index contributed by atoms with van der Waals surface area (Å²) >= 11 is 1.36. The Balaban J connectivity index is 1.20. The number of alkyl halides is 4. The van der Waals surface area contributed by atoms with Crippen LogP contribution in [0.15, 0.2) is 12.2 Å². The van der Waals surface area contributed by atoms with E-state index in [0.717, 1.165) is 35.5 Å². The molecule has 3 N–H and O–H groups in total. The van der Waals surface area contributed by atoms with Gasteiger partial charge in [-0.3, -0.25) is 57.5 Å². The van der Waals surface area contributed by atoms with Gasteiger partial charge < -0.3 is 64.8 Å². The van der Waals surface area contributed by atoms with Crippen LogP contribution >= 0.6 is 11.8 Å². The predicted octanol–water partition coefficient (Wildman–Crippen LogP) is 6.94. The number of halogens is 4. The fourth-order valence-electron chi connectivity index (χ4n) is 18.7. The molecule has 608 valence electrons. The number of rotatable bonds is 13. The van der Waals surface area contributed by atoms with E-state index in [0.29, 0.717) is 38.5 Å². The maximum Gasteiger partial charge on any atom is 0.391 e. The Morgan fingerprint density at radius 3 is 1.95 bits per heavy atom. The molecule has 5 unspecified atom stereocenters. The van der Waals surface area contributed by atoms with Crippen molar-refractivity contribution in [2.24, 2.45) is 46.8 Å². The van der Waals surface area contributed by atoms with Crippen LogP contribution in [0.25, 0.3) is 0 Å². The van der Waals surface area contributed by atoms with Crippen molar-refractivity contribution in [1.82, 2.24) is 60.0 Å². The van der Waals surface area contributed by atoms with Gasteiger partial charge in [0.1, 0.15) is 59.4 Å². The third kappa shape index (κ3) is 20.4. The molecular formula is C78H124F4N12O13S. The maximum absolute atomic E-state index is 15.8. The van der Waals surface area contributed by atoms with E-state index >= 15 is 33.2 Å². The fourth-order valence-corrected chi connectivity index (χ4v) is 20.3. The van der Waals surface area contributed by atoms with Crippen LogP contribution in [0.1, 0.15) is 196 Å². The van der Waals surface area contributed by atoms with Gasteiger partial charge in [0.05, 0.1) is 31.5 Å². The van der Waals surface area contributed by atoms with Crippen LogP contribution in [0.4, 0.5) is 17.6 Å². The molecule has 2 bridgehead atoms. The molecular weight excluding hydrogens is 1420 g/mol. The van der Waals surface area contributed by atoms with Gasteiger partial charge in [-0.05, 0) is 151 Å². The molecule has 7 fully saturated rings. The van der Waals surface area contributed by atoms with Gasteiger partial charge >= 0.3 is 6.18 Å². The molecule has 3 saturated heterocycles. The third-order valence-corrected chi connectivity index (χ3v) is 26.8. The molecule has 1 spiro atoms. The Morgan fingerprint density at radius 2 is 1.34 bits per heavy atom. The van der Waals surface area contributed by atoms with E-state index in [-0.39, 0.29) is 120 Å². The predicted molar refractivity (Wildman–Crippen MR) is 400 cm³/mol. The van der Waals surface area contributed by atoms with Crippen LogP contribution < -0.4 is 16.0 Å². The van der Waals surface area contributed by atoms with Gasteiger partial charge in [0, 0.05) is 93.7 Å². The van der Waals surface area contributed by atoms with E-state index < -0.39 is 191 Å². The second kappa shape index (κ2) is 37.2. The van der Waals surface area contributed by atoms with Gasteiger partial charge in [-0.1, -0.05) is 79.4 Å². The number of likely N-dealkylation sites (N-methyl/N-ethyl adjacent to an activating group) is 7. The van der Waals surface area contributed by atoms with E-state index in [1.165, 1.54) is 102 Å². The summed E-state index contributed by atoms with van der Waals surface area (Å²) in [5, 5.41) is 9.09. The molecule has 4 aliphatic heterocycles. The van der Waals surface area contributed by atoms with E-state index in [2.05, 4.69) is 16.0 Å². The summed E-state index contributed by atoms with van der Waals surface area (Å²) in [5.41, 5.74) is -3.15. The number of hydrogen-bond acceptors (Lipinski definition) is 14. The van der Waals surface area contributed by atoms with Gasteiger partial charge in [-0.2, -0.15) is 13.2 Å². The SMILES string of the molecule is CCC[C@H]1C(=O)N[C@@H]([C@@H](C)CC)C(=O)N(C)CC(=O)N(C)[C@H]2C/C=C\CCN(C2=O)[C@@H](CC2CCC(C(F)(F)F)CC2)C(=O)N(C)CC(=O)N[C@@H](CCC2CCC3SC(F)C(C)C3C2)C(=O)N2C[C@H](OCC)C[C@H]2C(=O)NC2(CC(C)(C)C2)C(=O)N(C)[C@@H](C2CCCC2)C(=O)N(C)[C@H](C(=O)N(C)C)CC(=O)N1C. The van der Waals surface area contributed by atoms with Gasteiger partial charge in [0.2, 0.25) is 70.9 Å². The van der Waals surface area contributed by atoms with Crippen molar-refractivity contribution in [3.63, 3.8) is 0 Å². The Morgan fingerprint density at radius 1 is 0.694 bits per heavy atom. The third-order valence-electron chi connectivity index (χ3n) is 25.2. The van der Waals surface area contributed by atoms with Crippen molar-refractivity contribution in [2.45, 2.75) is 273 Å². The van der Waals surface area contributed by atoms with E-state index in [1.807, 2.05) is 27.7 Å². The zero-order chi connectivity index (χ0) is 79.8. The second-order valence-electron chi connectivity index (χ2n) is 33.8. The molecule has 0 aromatic carbocycles. The molecule has 30 heteroatoms. The number of fused-ring (bicyclic) bond motifs is 4. The average Bonchev–Trinajstić information content (AvgIpc) is 0.881. The Kier molecular flexibility index (Phi) is 29.9. The molecule has 0 radical (unpaired) electrons. The zero-order valence-corrected chi connectivity index (χ0v) is 67.4. The van der Waals surface area contributed by atoms with Crippen LogP contribution in [0, 0.1) is 46.8 Å². The molecule has 15 atom stereocenters. The summed E-state index contributed by atoms with van der Waals surface area (Å²) in [7, 11) is 11.4. The minimum absolute atomic E-state index is 0.00409. The summed E-state index contributed by atoms with van der Waals surface area (Å²) < 4.78 is 63.9. The average molecular weight is 1550 g/mol. The molecule has 108 heavy (non-hydrogen) atoms. The van der Waals surface area contributed by atoms with Crippen LogP contribution in [-0.2, 0) is 62.3 Å². The first-order valence-corrected chi connectivity index (χ1v) is 40.6. The second-order valence-corrected chi connectivity index (χ2v) is 35.1. The highest BCUT2D eigenvalue weighted by Gasteiger charge is 2.60. The minimum atomic E-state index is -4.45. The van der Waals surface area contributed by atoms with Crippen molar-refractivity contribution >= 4 is 82.6 Å². The number of hydrogen-bond donors (Lipinski definition) is 3. The maximum atomic E-state index is 15.8. The summed E-state index contributed by atoms with van der Waals surface area (Å²) in [5.74, 6) is -11.2. The number of nitrogens with one attached hydrogen (secondary N) is 3. The van der Waals surface area contributed by atoms with Crippen molar-refractivity contribution in [1.29, 1.82) is 0 Å². The molecule has 4 heterocycles. The smallest absolute Gasteiger partial charge is 0.377 e. The van der Waals surface area contributed by atoms with Gasteiger partial charge in [0.25, 0.3) is 0 Å². The lowest BCUT2D eigenvalue weighted by molar-refractivity contribution is -0.184. The van der Waals surface area contributed by atoms with E-state index in [1.54, 1.807) is 32.9 Å². The number of amides is 12. The van der Waals surface area contributed by atoms with Gasteiger partial charge in [-0.25, -0.2) is 4.39 Å². The number of carbonyl (C=O) groups excluding carboxylic acids is 12. The number of thioether (sulfide) groups is 1. The molecule has 25 nitrogen and oxygen atoms in total. The number of ether oxygens (including phenoxy) is 1. The van der Waals surface area contributed by atoms with Crippen LogP contribution in [0.2, 0.25) is 0 Å². The zero-order valence-electron chi connectivity index (χ0n) is 66.6. The Labute approximate surface area is 640 Å². The van der Waals surface area contributed by atoms with Gasteiger partial charge in [-0.15, -0.1) is 11.8 Å². The first kappa shape index (κ1) is 87.0. The highest BCUT2D eigenvalue weighted by molar-refractivity contribution is 8.00. The lowest BCUT2D eigenvalue weighted by atomic mass is 9.58. The molecule has 0 aromatic heterocycles. The largest absolute Gasteiger partial charge is 0.391 e. The highest BCUT2D eigenvalue weighted by atomic mass is 32.2. The topological polar surface area (TPSA) is 279 Å². The Hall–Kier alpha value is -6.59. The Bertz CT molecular complexity index is 3270. The van der Waals surface area contributed by atoms with Crippen molar-refractivity contribution in [3.8, 4) is 0 Å². The lowest BCUT2D eigenvalue weighted by Crippen LogP contribution is -2.71. The van der Waals surface area contributed by atoms with E-state index in [9.17, 15) is 41.9 Å².